The van der Waals surface area contributed by atoms with Crippen LogP contribution in [-0.2, 0) is 23.0 Å². The predicted octanol–water partition coefficient (Wildman–Crippen LogP) is 1.46. The van der Waals surface area contributed by atoms with Crippen LogP contribution < -0.4 is 15.4 Å². The van der Waals surface area contributed by atoms with Gasteiger partial charge >= 0.3 is 0 Å². The Balaban J connectivity index is 1.95. The molecule has 0 amide bonds. The average molecular weight is 311 g/mol. The molecule has 3 N–H and O–H groups in total. The molecule has 1 aromatic carbocycles. The maximum atomic E-state index is 11.3. The lowest BCUT2D eigenvalue weighted by atomic mass is 9.99. The van der Waals surface area contributed by atoms with E-state index >= 15 is 0 Å². The first kappa shape index (κ1) is 16.3. The zero-order chi connectivity index (χ0) is 15.5. The van der Waals surface area contributed by atoms with E-state index < -0.39 is 15.6 Å². The van der Waals surface area contributed by atoms with Gasteiger partial charge in [0.15, 0.2) is 0 Å². The number of anilines is 1. The molecule has 0 unspecified atom stereocenters. The first-order valence-electron chi connectivity index (χ1n) is 7.31. The fraction of sp³-hybridized carbons (Fsp3) is 0.600. The normalized spacial score (nSPS) is 15.4. The van der Waals surface area contributed by atoms with E-state index in [9.17, 15) is 8.42 Å². The molecule has 0 radical (unpaired) electrons. The molecule has 6 heteroatoms. The van der Waals surface area contributed by atoms with Crippen molar-refractivity contribution >= 4 is 15.7 Å². The van der Waals surface area contributed by atoms with E-state index in [4.69, 9.17) is 0 Å². The fourth-order valence-corrected chi connectivity index (χ4v) is 3.85. The summed E-state index contributed by atoms with van der Waals surface area (Å²) in [7, 11) is -3.19. The highest BCUT2D eigenvalue weighted by atomic mass is 32.2. The van der Waals surface area contributed by atoms with Crippen molar-refractivity contribution in [2.75, 3.05) is 24.7 Å². The topological polar surface area (TPSA) is 70.2 Å². The van der Waals surface area contributed by atoms with Gasteiger partial charge in [-0.1, -0.05) is 18.2 Å². The van der Waals surface area contributed by atoms with Gasteiger partial charge in [0.1, 0.15) is 0 Å². The molecule has 0 aliphatic carbocycles. The molecule has 1 aliphatic rings. The molecule has 0 saturated heterocycles. The maximum absolute atomic E-state index is 11.3. The second kappa shape index (κ2) is 6.34. The number of sulfonamides is 1. The van der Waals surface area contributed by atoms with Gasteiger partial charge < -0.3 is 10.6 Å². The molecular weight excluding hydrogens is 286 g/mol. The van der Waals surface area contributed by atoms with Gasteiger partial charge in [-0.2, -0.15) is 0 Å². The molecule has 0 spiro atoms. The number of aryl methyl sites for hydroxylation is 1. The molecule has 2 rings (SSSR count). The first-order chi connectivity index (χ1) is 9.77. The standard InChI is InChI=1S/C15H25N3O2S/c1-15(2,18-21(3,19)20)11-16-10-13-7-4-6-12-8-5-9-17-14(12)13/h4,6-7,16-18H,5,8-11H2,1-3H3. The van der Waals surface area contributed by atoms with Crippen molar-refractivity contribution in [2.24, 2.45) is 0 Å². The summed E-state index contributed by atoms with van der Waals surface area (Å²) in [5.74, 6) is 0. The van der Waals surface area contributed by atoms with Gasteiger partial charge in [0.25, 0.3) is 0 Å². The predicted molar refractivity (Wildman–Crippen MR) is 87.0 cm³/mol. The summed E-state index contributed by atoms with van der Waals surface area (Å²) in [6, 6.07) is 6.37. The minimum Gasteiger partial charge on any atom is -0.385 e. The van der Waals surface area contributed by atoms with Crippen LogP contribution >= 0.6 is 0 Å². The van der Waals surface area contributed by atoms with Crippen LogP contribution in [0.5, 0.6) is 0 Å². The highest BCUT2D eigenvalue weighted by Gasteiger charge is 2.21. The van der Waals surface area contributed by atoms with Crippen molar-refractivity contribution < 1.29 is 8.42 Å². The Labute approximate surface area is 127 Å². The Hall–Kier alpha value is -1.11. The van der Waals surface area contributed by atoms with E-state index in [0.29, 0.717) is 6.54 Å². The van der Waals surface area contributed by atoms with Gasteiger partial charge in [-0.15, -0.1) is 0 Å². The van der Waals surface area contributed by atoms with Crippen molar-refractivity contribution in [2.45, 2.75) is 38.8 Å². The van der Waals surface area contributed by atoms with E-state index in [2.05, 4.69) is 33.6 Å². The maximum Gasteiger partial charge on any atom is 0.209 e. The number of nitrogens with one attached hydrogen (secondary N) is 3. The summed E-state index contributed by atoms with van der Waals surface area (Å²) >= 11 is 0. The Bertz CT molecular complexity index is 597. The van der Waals surface area contributed by atoms with Gasteiger partial charge in [-0.3, -0.25) is 0 Å². The Morgan fingerprint density at radius 1 is 1.33 bits per heavy atom. The van der Waals surface area contributed by atoms with Gasteiger partial charge in [-0.25, -0.2) is 13.1 Å². The van der Waals surface area contributed by atoms with Crippen molar-refractivity contribution in [3.8, 4) is 0 Å². The molecule has 0 fully saturated rings. The number of rotatable bonds is 6. The van der Waals surface area contributed by atoms with Crippen molar-refractivity contribution in [3.63, 3.8) is 0 Å². The third-order valence-corrected chi connectivity index (χ3v) is 4.43. The number of hydrogen-bond donors (Lipinski definition) is 3. The van der Waals surface area contributed by atoms with Gasteiger partial charge in [0.2, 0.25) is 10.0 Å². The smallest absolute Gasteiger partial charge is 0.209 e. The fourth-order valence-electron chi connectivity index (χ4n) is 2.78. The summed E-state index contributed by atoms with van der Waals surface area (Å²) < 4.78 is 25.3. The summed E-state index contributed by atoms with van der Waals surface area (Å²) in [5.41, 5.74) is 3.34. The largest absolute Gasteiger partial charge is 0.385 e. The van der Waals surface area contributed by atoms with Crippen LogP contribution in [0.2, 0.25) is 0 Å². The quantitative estimate of drug-likeness (QED) is 0.744. The van der Waals surface area contributed by atoms with Gasteiger partial charge in [0.05, 0.1) is 6.26 Å². The van der Waals surface area contributed by atoms with Crippen LogP contribution in [0.1, 0.15) is 31.4 Å². The minimum absolute atomic E-state index is 0.504. The number of para-hydroxylation sites is 1. The van der Waals surface area contributed by atoms with E-state index in [0.717, 1.165) is 19.5 Å². The summed E-state index contributed by atoms with van der Waals surface area (Å²) in [6.45, 7) is 6.07. The van der Waals surface area contributed by atoms with Gasteiger partial charge in [-0.05, 0) is 37.8 Å². The van der Waals surface area contributed by atoms with Crippen LogP contribution in [0.15, 0.2) is 18.2 Å². The number of hydrogen-bond acceptors (Lipinski definition) is 4. The zero-order valence-corrected chi connectivity index (χ0v) is 13.8. The van der Waals surface area contributed by atoms with E-state index in [-0.39, 0.29) is 0 Å². The molecule has 1 aliphatic heterocycles. The molecular formula is C15H25N3O2S. The summed E-state index contributed by atoms with van der Waals surface area (Å²) in [5, 5.41) is 6.81. The molecule has 0 bridgehead atoms. The molecule has 0 saturated carbocycles. The SMILES string of the molecule is CC(C)(CNCc1cccc2c1NCCC2)NS(C)(=O)=O. The molecule has 21 heavy (non-hydrogen) atoms. The number of benzene rings is 1. The molecule has 1 heterocycles. The molecule has 1 aromatic rings. The minimum atomic E-state index is -3.19. The lowest BCUT2D eigenvalue weighted by Gasteiger charge is -2.26. The van der Waals surface area contributed by atoms with Crippen LogP contribution in [-0.4, -0.2) is 33.3 Å². The Morgan fingerprint density at radius 2 is 2.10 bits per heavy atom. The van der Waals surface area contributed by atoms with Crippen LogP contribution in [0, 0.1) is 0 Å². The van der Waals surface area contributed by atoms with Crippen molar-refractivity contribution in [1.29, 1.82) is 0 Å². The van der Waals surface area contributed by atoms with E-state index in [1.807, 2.05) is 13.8 Å². The third kappa shape index (κ3) is 4.98. The monoisotopic (exact) mass is 311 g/mol. The highest BCUT2D eigenvalue weighted by molar-refractivity contribution is 7.88. The zero-order valence-electron chi connectivity index (χ0n) is 13.0. The summed E-state index contributed by atoms with van der Waals surface area (Å²) in [6.07, 6.45) is 3.48. The highest BCUT2D eigenvalue weighted by Crippen LogP contribution is 2.25. The Morgan fingerprint density at radius 3 is 2.81 bits per heavy atom. The van der Waals surface area contributed by atoms with Gasteiger partial charge in [0, 0.05) is 30.9 Å². The van der Waals surface area contributed by atoms with Crippen LogP contribution in [0.25, 0.3) is 0 Å². The molecule has 0 aromatic heterocycles. The lowest BCUT2D eigenvalue weighted by molar-refractivity contribution is 0.421. The lowest BCUT2D eigenvalue weighted by Crippen LogP contribution is -2.49. The third-order valence-electron chi connectivity index (χ3n) is 3.51. The molecule has 5 nitrogen and oxygen atoms in total. The second-order valence-corrected chi connectivity index (χ2v) is 8.09. The van der Waals surface area contributed by atoms with E-state index in [1.54, 1.807) is 0 Å². The van der Waals surface area contributed by atoms with E-state index in [1.165, 1.54) is 29.5 Å². The summed E-state index contributed by atoms with van der Waals surface area (Å²) in [4.78, 5) is 0. The van der Waals surface area contributed by atoms with Crippen molar-refractivity contribution in [1.82, 2.24) is 10.0 Å². The molecule has 118 valence electrons. The first-order valence-corrected chi connectivity index (χ1v) is 9.20. The average Bonchev–Trinajstić information content (AvgIpc) is 2.36. The molecule has 0 atom stereocenters. The second-order valence-electron chi connectivity index (χ2n) is 6.34. The van der Waals surface area contributed by atoms with Crippen molar-refractivity contribution in [3.05, 3.63) is 29.3 Å². The Kier molecular flexibility index (Phi) is 4.91. The number of fused-ring (bicyclic) bond motifs is 1. The van der Waals surface area contributed by atoms with Crippen LogP contribution in [0.3, 0.4) is 0 Å². The van der Waals surface area contributed by atoms with Crippen LogP contribution in [0.4, 0.5) is 5.69 Å².